The number of ether oxygens (including phenoxy) is 1. The number of amides is 1. The lowest BCUT2D eigenvalue weighted by atomic mass is 10.2. The fourth-order valence-corrected chi connectivity index (χ4v) is 5.59. The molecule has 23 heavy (non-hydrogen) atoms. The maximum Gasteiger partial charge on any atom is 0.306 e. The summed E-state index contributed by atoms with van der Waals surface area (Å²) in [4.78, 5) is 25.9. The van der Waals surface area contributed by atoms with Crippen LogP contribution in [0.1, 0.15) is 36.3 Å². The van der Waals surface area contributed by atoms with Crippen molar-refractivity contribution >= 4 is 33.1 Å². The largest absolute Gasteiger partial charge is 0.466 e. The number of carbonyl (C=O) groups excluding carboxylic acids is 2. The van der Waals surface area contributed by atoms with E-state index < -0.39 is 21.1 Å². The molecule has 1 aromatic heterocycles. The molecule has 0 N–H and O–H groups in total. The standard InChI is InChI=1S/C15H21NO5S2/c1-2-21-15(18)6-5-14(17)16-8-7-13(12-4-3-10-22-12)23(19,20)11-9-16/h3-4,10,13H,2,5-9,11H2,1H3/t13-/m1/s1. The van der Waals surface area contributed by atoms with E-state index >= 15 is 0 Å². The molecular formula is C15H21NO5S2. The molecule has 1 saturated heterocycles. The highest BCUT2D eigenvalue weighted by Gasteiger charge is 2.33. The molecule has 1 aliphatic rings. The Morgan fingerprint density at radius 3 is 2.78 bits per heavy atom. The summed E-state index contributed by atoms with van der Waals surface area (Å²) in [7, 11) is -3.26. The lowest BCUT2D eigenvalue weighted by Gasteiger charge is -2.19. The summed E-state index contributed by atoms with van der Waals surface area (Å²) in [6.07, 6.45) is 0.487. The third kappa shape index (κ3) is 4.78. The summed E-state index contributed by atoms with van der Waals surface area (Å²) >= 11 is 1.43. The van der Waals surface area contributed by atoms with Gasteiger partial charge in [-0.2, -0.15) is 0 Å². The van der Waals surface area contributed by atoms with E-state index in [0.29, 0.717) is 13.0 Å². The van der Waals surface area contributed by atoms with Crippen molar-refractivity contribution in [1.29, 1.82) is 0 Å². The van der Waals surface area contributed by atoms with Crippen LogP contribution in [0.25, 0.3) is 0 Å². The van der Waals surface area contributed by atoms with Crippen molar-refractivity contribution in [2.45, 2.75) is 31.4 Å². The zero-order valence-corrected chi connectivity index (χ0v) is 14.7. The van der Waals surface area contributed by atoms with Crippen LogP contribution in [0.4, 0.5) is 0 Å². The molecule has 128 valence electrons. The first-order valence-corrected chi connectivity index (χ1v) is 10.2. The number of hydrogen-bond donors (Lipinski definition) is 0. The van der Waals surface area contributed by atoms with Crippen molar-refractivity contribution in [3.05, 3.63) is 22.4 Å². The molecular weight excluding hydrogens is 338 g/mol. The zero-order chi connectivity index (χ0) is 16.9. The quantitative estimate of drug-likeness (QED) is 0.749. The van der Waals surface area contributed by atoms with Crippen LogP contribution in [0.15, 0.2) is 17.5 Å². The maximum atomic E-state index is 12.4. The topological polar surface area (TPSA) is 80.8 Å². The molecule has 0 aliphatic carbocycles. The van der Waals surface area contributed by atoms with Crippen LogP contribution >= 0.6 is 11.3 Å². The number of rotatable bonds is 5. The first kappa shape index (κ1) is 17.9. The van der Waals surface area contributed by atoms with Gasteiger partial charge in [-0.1, -0.05) is 6.07 Å². The summed E-state index contributed by atoms with van der Waals surface area (Å²) in [5.74, 6) is -0.638. The van der Waals surface area contributed by atoms with E-state index in [9.17, 15) is 18.0 Å². The molecule has 0 spiro atoms. The molecule has 0 bridgehead atoms. The Balaban J connectivity index is 1.97. The second kappa shape index (κ2) is 7.92. The Kier molecular flexibility index (Phi) is 6.17. The summed E-state index contributed by atoms with van der Waals surface area (Å²) in [5, 5.41) is 1.32. The lowest BCUT2D eigenvalue weighted by molar-refractivity contribution is -0.145. The third-order valence-corrected chi connectivity index (χ3v) is 7.05. The predicted octanol–water partition coefficient (Wildman–Crippen LogP) is 1.78. The van der Waals surface area contributed by atoms with Crippen LogP contribution in [0.2, 0.25) is 0 Å². The van der Waals surface area contributed by atoms with Crippen LogP contribution in [0, 0.1) is 0 Å². The fourth-order valence-electron chi connectivity index (χ4n) is 2.59. The second-order valence-corrected chi connectivity index (χ2v) is 8.63. The molecule has 2 heterocycles. The van der Waals surface area contributed by atoms with Crippen LogP contribution in [-0.2, 0) is 24.2 Å². The maximum absolute atomic E-state index is 12.4. The van der Waals surface area contributed by atoms with Crippen molar-refractivity contribution in [2.24, 2.45) is 0 Å². The Hall–Kier alpha value is -1.41. The van der Waals surface area contributed by atoms with E-state index in [1.165, 1.54) is 11.3 Å². The molecule has 6 nitrogen and oxygen atoms in total. The molecule has 8 heteroatoms. The van der Waals surface area contributed by atoms with E-state index in [1.54, 1.807) is 11.8 Å². The van der Waals surface area contributed by atoms with E-state index in [2.05, 4.69) is 0 Å². The number of esters is 1. The molecule has 1 amide bonds. The minimum Gasteiger partial charge on any atom is -0.466 e. The van der Waals surface area contributed by atoms with Crippen LogP contribution < -0.4 is 0 Å². The molecule has 2 rings (SSSR count). The average Bonchev–Trinajstić information content (AvgIpc) is 2.97. The number of hydrogen-bond acceptors (Lipinski definition) is 6. The van der Waals surface area contributed by atoms with Gasteiger partial charge in [0.1, 0.15) is 0 Å². The Morgan fingerprint density at radius 2 is 2.13 bits per heavy atom. The highest BCUT2D eigenvalue weighted by molar-refractivity contribution is 7.91. The smallest absolute Gasteiger partial charge is 0.306 e. The molecule has 1 fully saturated rings. The number of thiophene rings is 1. The van der Waals surface area contributed by atoms with Gasteiger partial charge >= 0.3 is 5.97 Å². The van der Waals surface area contributed by atoms with E-state index in [1.807, 2.05) is 17.5 Å². The Labute approximate surface area is 140 Å². The Bertz CT molecular complexity index is 639. The Morgan fingerprint density at radius 1 is 1.35 bits per heavy atom. The van der Waals surface area contributed by atoms with Crippen molar-refractivity contribution < 1.29 is 22.7 Å². The van der Waals surface area contributed by atoms with Gasteiger partial charge in [-0.3, -0.25) is 9.59 Å². The van der Waals surface area contributed by atoms with Gasteiger partial charge in [0.2, 0.25) is 5.91 Å². The number of sulfone groups is 1. The van der Waals surface area contributed by atoms with Crippen molar-refractivity contribution in [3.63, 3.8) is 0 Å². The number of carbonyl (C=O) groups is 2. The monoisotopic (exact) mass is 359 g/mol. The highest BCUT2D eigenvalue weighted by atomic mass is 32.2. The van der Waals surface area contributed by atoms with Gasteiger partial charge in [-0.25, -0.2) is 8.42 Å². The van der Waals surface area contributed by atoms with E-state index in [-0.39, 0.29) is 37.7 Å². The van der Waals surface area contributed by atoms with Crippen LogP contribution in [0.5, 0.6) is 0 Å². The second-order valence-electron chi connectivity index (χ2n) is 5.35. The third-order valence-electron chi connectivity index (χ3n) is 3.80. The number of nitrogens with zero attached hydrogens (tertiary/aromatic N) is 1. The van der Waals surface area contributed by atoms with Gasteiger partial charge in [-0.15, -0.1) is 11.3 Å². The molecule has 1 atom stereocenters. The SMILES string of the molecule is CCOC(=O)CCC(=O)N1CC[C@H](c2cccs2)S(=O)(=O)CC1. The molecule has 0 unspecified atom stereocenters. The van der Waals surface area contributed by atoms with Gasteiger partial charge in [0.25, 0.3) is 0 Å². The van der Waals surface area contributed by atoms with Gasteiger partial charge in [-0.05, 0) is 24.8 Å². The first-order chi connectivity index (χ1) is 10.9. The lowest BCUT2D eigenvalue weighted by Crippen LogP contribution is -2.33. The van der Waals surface area contributed by atoms with Gasteiger partial charge in [0.15, 0.2) is 9.84 Å². The predicted molar refractivity (Wildman–Crippen MR) is 87.9 cm³/mol. The molecule has 0 saturated carbocycles. The normalized spacial score (nSPS) is 20.7. The molecule has 0 aromatic carbocycles. The van der Waals surface area contributed by atoms with Crippen LogP contribution in [-0.4, -0.2) is 50.6 Å². The molecule has 1 aliphatic heterocycles. The van der Waals surface area contributed by atoms with Gasteiger partial charge < -0.3 is 9.64 Å². The average molecular weight is 359 g/mol. The first-order valence-electron chi connectivity index (χ1n) is 7.62. The summed E-state index contributed by atoms with van der Waals surface area (Å²) in [6.45, 7) is 2.58. The zero-order valence-electron chi connectivity index (χ0n) is 13.1. The van der Waals surface area contributed by atoms with Crippen LogP contribution in [0.3, 0.4) is 0 Å². The van der Waals surface area contributed by atoms with Crippen molar-refractivity contribution in [1.82, 2.24) is 4.90 Å². The van der Waals surface area contributed by atoms with Crippen molar-refractivity contribution in [2.75, 3.05) is 25.4 Å². The molecule has 1 aromatic rings. The summed E-state index contributed by atoms with van der Waals surface area (Å²) in [6, 6.07) is 3.66. The van der Waals surface area contributed by atoms with Gasteiger partial charge in [0, 0.05) is 24.4 Å². The minimum atomic E-state index is -3.26. The van der Waals surface area contributed by atoms with Crippen molar-refractivity contribution in [3.8, 4) is 0 Å². The van der Waals surface area contributed by atoms with Gasteiger partial charge in [0.05, 0.1) is 24.0 Å². The summed E-state index contributed by atoms with van der Waals surface area (Å²) in [5.41, 5.74) is 0. The highest BCUT2D eigenvalue weighted by Crippen LogP contribution is 2.32. The summed E-state index contributed by atoms with van der Waals surface area (Å²) < 4.78 is 29.6. The van der Waals surface area contributed by atoms with E-state index in [0.717, 1.165) is 4.88 Å². The molecule has 0 radical (unpaired) electrons. The minimum absolute atomic E-state index is 0.0320. The van der Waals surface area contributed by atoms with E-state index in [4.69, 9.17) is 4.74 Å². The fraction of sp³-hybridized carbons (Fsp3) is 0.600.